The molecule has 0 unspecified atom stereocenters. The number of rotatable bonds is 5. The van der Waals surface area contributed by atoms with Gasteiger partial charge in [0.1, 0.15) is 18.5 Å². The average Bonchev–Trinajstić information content (AvgIpc) is 2.94. The number of hydrogen-bond acceptors (Lipinski definition) is 7. The van der Waals surface area contributed by atoms with Crippen molar-refractivity contribution in [2.24, 2.45) is 5.73 Å². The lowest BCUT2D eigenvalue weighted by molar-refractivity contribution is -0.0451. The maximum atomic E-state index is 10.8. The molecule has 1 aliphatic heterocycles. The molecule has 2 heterocycles. The molecule has 1 aliphatic rings. The Labute approximate surface area is 120 Å². The van der Waals surface area contributed by atoms with E-state index >= 15 is 0 Å². The molecule has 1 aromatic heterocycles. The topological polar surface area (TPSA) is 164 Å². The zero-order valence-electron chi connectivity index (χ0n) is 11.0. The monoisotopic (exact) mass is 320 g/mol. The summed E-state index contributed by atoms with van der Waals surface area (Å²) in [5.74, 6) is 0.166. The Hall–Kier alpha value is -1.29. The number of ether oxygens (including phenoxy) is 1. The first kappa shape index (κ1) is 16.1. The van der Waals surface area contributed by atoms with Gasteiger partial charge < -0.3 is 30.5 Å². The van der Waals surface area contributed by atoms with Crippen molar-refractivity contribution >= 4 is 13.3 Å². The van der Waals surface area contributed by atoms with E-state index in [0.29, 0.717) is 0 Å². The molecule has 0 aliphatic carbocycles. The van der Waals surface area contributed by atoms with Crippen molar-refractivity contribution in [3.05, 3.63) is 18.7 Å². The fourth-order valence-electron chi connectivity index (χ4n) is 2.03. The van der Waals surface area contributed by atoms with E-state index in [9.17, 15) is 14.8 Å². The minimum Gasteiger partial charge on any atom is -0.396 e. The largest absolute Gasteiger partial charge is 0.396 e. The third-order valence-corrected chi connectivity index (χ3v) is 3.94. The van der Waals surface area contributed by atoms with Crippen molar-refractivity contribution < 1.29 is 29.3 Å². The van der Waals surface area contributed by atoms with Gasteiger partial charge in [-0.2, -0.15) is 0 Å². The van der Waals surface area contributed by atoms with E-state index < -0.39 is 38.3 Å². The zero-order valence-corrected chi connectivity index (χ0v) is 11.9. The Kier molecular flexibility index (Phi) is 4.47. The number of aliphatic hydroxyl groups is 2. The van der Waals surface area contributed by atoms with Gasteiger partial charge in [-0.1, -0.05) is 6.58 Å². The highest BCUT2D eigenvalue weighted by Gasteiger charge is 2.44. The summed E-state index contributed by atoms with van der Waals surface area (Å²) in [4.78, 5) is 21.5. The van der Waals surface area contributed by atoms with Crippen molar-refractivity contribution in [2.75, 3.05) is 6.16 Å². The summed E-state index contributed by atoms with van der Waals surface area (Å²) < 4.78 is 17.4. The summed E-state index contributed by atoms with van der Waals surface area (Å²) in [6, 6.07) is 0. The van der Waals surface area contributed by atoms with Crippen LogP contribution < -0.4 is 5.73 Å². The number of aliphatic hydroxyl groups excluding tert-OH is 2. The third-order valence-electron chi connectivity index (χ3n) is 3.10. The molecular weight excluding hydrogens is 303 g/mol. The predicted molar refractivity (Wildman–Crippen MR) is 70.7 cm³/mol. The molecule has 0 amide bonds. The van der Waals surface area contributed by atoms with Crippen LogP contribution in [0.5, 0.6) is 0 Å². The highest BCUT2D eigenvalue weighted by molar-refractivity contribution is 7.51. The fourth-order valence-corrected chi connectivity index (χ4v) is 2.62. The van der Waals surface area contributed by atoms with Crippen LogP contribution in [0.4, 0.5) is 0 Å². The molecule has 0 bridgehead atoms. The highest BCUT2D eigenvalue weighted by Crippen LogP contribution is 2.38. The SMILES string of the molecule is C=C(N)c1ncn([C@@H]2O[C@H](CCP(=O)(O)O)[C@@H](O)[C@H]2O)n1. The highest BCUT2D eigenvalue weighted by atomic mass is 31.2. The average molecular weight is 320 g/mol. The van der Waals surface area contributed by atoms with Gasteiger partial charge in [-0.3, -0.25) is 4.57 Å². The van der Waals surface area contributed by atoms with E-state index in [0.717, 1.165) is 0 Å². The number of aromatic nitrogens is 3. The number of nitrogens with zero attached hydrogens (tertiary/aromatic N) is 3. The molecule has 0 radical (unpaired) electrons. The third kappa shape index (κ3) is 3.67. The minimum atomic E-state index is -4.20. The van der Waals surface area contributed by atoms with Gasteiger partial charge in [0, 0.05) is 0 Å². The van der Waals surface area contributed by atoms with E-state index in [1.165, 1.54) is 11.0 Å². The second-order valence-corrected chi connectivity index (χ2v) is 6.57. The summed E-state index contributed by atoms with van der Waals surface area (Å²) in [6.07, 6.45) is -3.78. The van der Waals surface area contributed by atoms with Gasteiger partial charge in [0.05, 0.1) is 18.0 Å². The van der Waals surface area contributed by atoms with Crippen LogP contribution in [0.1, 0.15) is 18.5 Å². The zero-order chi connectivity index (χ0) is 15.8. The van der Waals surface area contributed by atoms with Crippen LogP contribution in [0, 0.1) is 0 Å². The Morgan fingerprint density at radius 3 is 2.67 bits per heavy atom. The Balaban J connectivity index is 2.08. The molecule has 21 heavy (non-hydrogen) atoms. The second kappa shape index (κ2) is 5.84. The van der Waals surface area contributed by atoms with Crippen molar-refractivity contribution in [3.63, 3.8) is 0 Å². The Bertz CT molecular complexity index is 572. The van der Waals surface area contributed by atoms with Crippen molar-refractivity contribution in [1.82, 2.24) is 14.8 Å². The van der Waals surface area contributed by atoms with Crippen molar-refractivity contribution in [2.45, 2.75) is 31.0 Å². The summed E-state index contributed by atoms with van der Waals surface area (Å²) in [5.41, 5.74) is 5.58. The first-order valence-corrected chi connectivity index (χ1v) is 7.91. The molecule has 11 heteroatoms. The lowest BCUT2D eigenvalue weighted by atomic mass is 10.1. The van der Waals surface area contributed by atoms with Gasteiger partial charge in [-0.25, -0.2) is 9.67 Å². The maximum Gasteiger partial charge on any atom is 0.325 e. The van der Waals surface area contributed by atoms with Crippen LogP contribution in [0.15, 0.2) is 12.9 Å². The first-order valence-electron chi connectivity index (χ1n) is 6.11. The first-order chi connectivity index (χ1) is 9.69. The quantitative estimate of drug-likeness (QED) is 0.401. The van der Waals surface area contributed by atoms with Crippen molar-refractivity contribution in [3.8, 4) is 0 Å². The van der Waals surface area contributed by atoms with Gasteiger partial charge in [0.25, 0.3) is 0 Å². The van der Waals surface area contributed by atoms with Gasteiger partial charge in [0.2, 0.25) is 0 Å². The van der Waals surface area contributed by atoms with Gasteiger partial charge in [-0.05, 0) is 6.42 Å². The lowest BCUT2D eigenvalue weighted by Gasteiger charge is -2.14. The van der Waals surface area contributed by atoms with Gasteiger partial charge in [-0.15, -0.1) is 5.10 Å². The smallest absolute Gasteiger partial charge is 0.325 e. The van der Waals surface area contributed by atoms with Crippen LogP contribution >= 0.6 is 7.60 Å². The van der Waals surface area contributed by atoms with E-state index in [1.807, 2.05) is 0 Å². The van der Waals surface area contributed by atoms with Crippen molar-refractivity contribution in [1.29, 1.82) is 0 Å². The van der Waals surface area contributed by atoms with Gasteiger partial charge in [0.15, 0.2) is 12.1 Å². The molecule has 6 N–H and O–H groups in total. The second-order valence-electron chi connectivity index (χ2n) is 4.80. The van der Waals surface area contributed by atoms with E-state index in [4.69, 9.17) is 20.3 Å². The predicted octanol–water partition coefficient (Wildman–Crippen LogP) is -1.61. The minimum absolute atomic E-state index is 0.0931. The van der Waals surface area contributed by atoms with Gasteiger partial charge >= 0.3 is 7.60 Å². The molecular formula is C10H17N4O6P. The van der Waals surface area contributed by atoms with E-state index in [-0.39, 0.29) is 17.9 Å². The van der Waals surface area contributed by atoms with Crippen LogP contribution in [0.25, 0.3) is 5.70 Å². The Morgan fingerprint density at radius 1 is 1.48 bits per heavy atom. The molecule has 10 nitrogen and oxygen atoms in total. The van der Waals surface area contributed by atoms with Crippen LogP contribution in [0.3, 0.4) is 0 Å². The molecule has 1 saturated heterocycles. The summed E-state index contributed by atoms with van der Waals surface area (Å²) >= 11 is 0. The molecule has 1 fully saturated rings. The maximum absolute atomic E-state index is 10.8. The van der Waals surface area contributed by atoms with E-state index in [2.05, 4.69) is 16.7 Å². The number of nitrogens with two attached hydrogens (primary N) is 1. The Morgan fingerprint density at radius 2 is 2.14 bits per heavy atom. The summed E-state index contributed by atoms with van der Waals surface area (Å²) in [7, 11) is -4.20. The molecule has 1 aromatic rings. The molecule has 4 atom stereocenters. The van der Waals surface area contributed by atoms with E-state index in [1.54, 1.807) is 0 Å². The summed E-state index contributed by atoms with van der Waals surface area (Å²) in [6.45, 7) is 3.47. The summed E-state index contributed by atoms with van der Waals surface area (Å²) in [5, 5.41) is 23.8. The molecule has 0 saturated carbocycles. The molecule has 0 aromatic carbocycles. The lowest BCUT2D eigenvalue weighted by Crippen LogP contribution is -2.32. The standard InChI is InChI=1S/C10H17N4O6P/c1-5(11)9-12-4-14(13-9)10-8(16)7(15)6(20-10)2-3-21(17,18)19/h4,6-8,10,15-16H,1-3,11H2,(H2,17,18,19)/t6-,7-,8-,10-/m1/s1. The normalized spacial score (nSPS) is 29.7. The van der Waals surface area contributed by atoms with Crippen LogP contribution in [0.2, 0.25) is 0 Å². The molecule has 0 spiro atoms. The molecule has 118 valence electrons. The fraction of sp³-hybridized carbons (Fsp3) is 0.600. The van der Waals surface area contributed by atoms with Crippen LogP contribution in [-0.2, 0) is 9.30 Å². The van der Waals surface area contributed by atoms with Crippen LogP contribution in [-0.4, -0.2) is 59.2 Å². The molecule has 2 rings (SSSR count). The number of hydrogen-bond donors (Lipinski definition) is 5.